The van der Waals surface area contributed by atoms with E-state index in [1.807, 2.05) is 57.2 Å². The number of piperidine rings is 1. The number of aliphatic hydroxyl groups excluding tert-OH is 1. The van der Waals surface area contributed by atoms with E-state index < -0.39 is 6.29 Å². The molecule has 0 aromatic heterocycles. The van der Waals surface area contributed by atoms with Gasteiger partial charge < -0.3 is 25.2 Å². The van der Waals surface area contributed by atoms with Gasteiger partial charge in [-0.1, -0.05) is 79.6 Å². The van der Waals surface area contributed by atoms with Crippen molar-refractivity contribution in [2.45, 2.75) is 122 Å². The van der Waals surface area contributed by atoms with E-state index in [1.54, 1.807) is 0 Å². The number of hydrogen-bond donors (Lipinski definition) is 3. The van der Waals surface area contributed by atoms with E-state index in [9.17, 15) is 14.7 Å². The predicted molar refractivity (Wildman–Crippen MR) is 191 cm³/mol. The van der Waals surface area contributed by atoms with Crippen LogP contribution in [-0.2, 0) is 32.2 Å². The Morgan fingerprint density at radius 2 is 1.59 bits per heavy atom. The van der Waals surface area contributed by atoms with Gasteiger partial charge in [0, 0.05) is 43.6 Å². The molecule has 3 fully saturated rings. The van der Waals surface area contributed by atoms with Gasteiger partial charge in [0.15, 0.2) is 6.29 Å². The van der Waals surface area contributed by atoms with Gasteiger partial charge in [-0.15, -0.1) is 0 Å². The summed E-state index contributed by atoms with van der Waals surface area (Å²) >= 11 is 0. The Bertz CT molecular complexity index is 1570. The van der Waals surface area contributed by atoms with Crippen LogP contribution in [0.2, 0.25) is 0 Å². The molecule has 0 bridgehead atoms. The lowest BCUT2D eigenvalue weighted by atomic mass is 9.75. The number of ether oxygens (including phenoxy) is 2. The summed E-state index contributed by atoms with van der Waals surface area (Å²) in [6, 6.07) is 24.8. The Morgan fingerprint density at radius 3 is 2.31 bits per heavy atom. The highest BCUT2D eigenvalue weighted by Gasteiger charge is 2.44. The van der Waals surface area contributed by atoms with Crippen molar-refractivity contribution >= 4 is 11.8 Å². The second-order valence-electron chi connectivity index (χ2n) is 15.2. The molecular formula is C41H53N3O5. The zero-order chi connectivity index (χ0) is 34.5. The Labute approximate surface area is 291 Å². The fourth-order valence-electron chi connectivity index (χ4n) is 7.92. The number of benzene rings is 3. The number of carbonyl (C=O) groups is 2. The highest BCUT2D eigenvalue weighted by molar-refractivity contribution is 5.82. The number of hydrogen-bond acceptors (Lipinski definition) is 6. The maximum absolute atomic E-state index is 13.8. The molecule has 2 saturated heterocycles. The normalized spacial score (nSPS) is 26.1. The quantitative estimate of drug-likeness (QED) is 0.228. The van der Waals surface area contributed by atoms with Crippen LogP contribution < -0.4 is 10.6 Å². The van der Waals surface area contributed by atoms with Crippen LogP contribution in [0.3, 0.4) is 0 Å². The van der Waals surface area contributed by atoms with Gasteiger partial charge in [0.1, 0.15) is 0 Å². The van der Waals surface area contributed by atoms with Crippen LogP contribution in [0, 0.1) is 5.92 Å². The van der Waals surface area contributed by atoms with Gasteiger partial charge in [-0.05, 0) is 86.3 Å². The van der Waals surface area contributed by atoms with Crippen molar-refractivity contribution in [1.82, 2.24) is 15.5 Å². The number of nitrogens with zero attached hydrogens (tertiary/aromatic N) is 1. The molecule has 3 aliphatic rings. The first-order valence-electron chi connectivity index (χ1n) is 18.1. The number of likely N-dealkylation sites (tertiary alicyclic amines) is 1. The minimum absolute atomic E-state index is 0.00179. The molecule has 3 aromatic rings. The number of rotatable bonds is 9. The van der Waals surface area contributed by atoms with Gasteiger partial charge in [-0.2, -0.15) is 0 Å². The first-order valence-corrected chi connectivity index (χ1v) is 18.1. The van der Waals surface area contributed by atoms with Crippen LogP contribution in [0.15, 0.2) is 72.8 Å². The van der Waals surface area contributed by atoms with Gasteiger partial charge in [0.25, 0.3) is 0 Å². The third-order valence-electron chi connectivity index (χ3n) is 10.3. The average Bonchev–Trinajstić information content (AvgIpc) is 3.10. The number of amides is 2. The molecule has 2 aliphatic heterocycles. The molecule has 0 spiro atoms. The summed E-state index contributed by atoms with van der Waals surface area (Å²) in [6.45, 7) is 8.84. The van der Waals surface area contributed by atoms with Gasteiger partial charge in [-0.25, -0.2) is 0 Å². The summed E-state index contributed by atoms with van der Waals surface area (Å²) in [4.78, 5) is 27.7. The largest absolute Gasteiger partial charge is 0.392 e. The van der Waals surface area contributed by atoms with Crippen LogP contribution in [0.1, 0.15) is 107 Å². The molecule has 262 valence electrons. The van der Waals surface area contributed by atoms with Crippen LogP contribution >= 0.6 is 0 Å². The van der Waals surface area contributed by atoms with Crippen molar-refractivity contribution in [3.05, 3.63) is 95.1 Å². The fourth-order valence-corrected chi connectivity index (χ4v) is 7.92. The van der Waals surface area contributed by atoms with E-state index in [4.69, 9.17) is 9.47 Å². The van der Waals surface area contributed by atoms with Crippen molar-refractivity contribution in [1.29, 1.82) is 0 Å². The van der Waals surface area contributed by atoms with Crippen LogP contribution in [-0.4, -0.2) is 52.1 Å². The van der Waals surface area contributed by atoms with E-state index in [-0.39, 0.29) is 42.2 Å². The molecule has 49 heavy (non-hydrogen) atoms. The van der Waals surface area contributed by atoms with E-state index in [0.29, 0.717) is 31.5 Å². The third-order valence-corrected chi connectivity index (χ3v) is 10.3. The standard InChI is InChI=1S/C41H53N3O5/c1-27(46)42-24-29-8-7-10-34(22-29)30-16-18-33(19-17-30)40-48-35(23-38(49-40)32-14-12-28(26-45)13-15-32)25-44-36-11-6-5-9-31(36)20-21-37(44)39(47)43-41(2,3)4/h7-8,10,12-19,22,31,35-38,40,45H,5-6,9,11,20-21,23-26H2,1-4H3,(H,42,46)(H,43,47). The van der Waals surface area contributed by atoms with Gasteiger partial charge in [-0.3, -0.25) is 14.5 Å². The topological polar surface area (TPSA) is 100 Å². The maximum Gasteiger partial charge on any atom is 0.237 e. The van der Waals surface area contributed by atoms with Crippen molar-refractivity contribution in [2.24, 2.45) is 5.92 Å². The van der Waals surface area contributed by atoms with E-state index in [1.165, 1.54) is 26.2 Å². The third kappa shape index (κ3) is 8.97. The Kier molecular flexibility index (Phi) is 11.2. The highest BCUT2D eigenvalue weighted by atomic mass is 16.7. The molecule has 2 heterocycles. The number of nitrogens with one attached hydrogen (secondary N) is 2. The Hall–Kier alpha value is -3.56. The van der Waals surface area contributed by atoms with Gasteiger partial charge >= 0.3 is 0 Å². The highest BCUT2D eigenvalue weighted by Crippen LogP contribution is 2.42. The molecule has 6 atom stereocenters. The first kappa shape index (κ1) is 35.3. The van der Waals surface area contributed by atoms with Crippen LogP contribution in [0.4, 0.5) is 0 Å². The molecular weight excluding hydrogens is 614 g/mol. The molecule has 8 nitrogen and oxygen atoms in total. The van der Waals surface area contributed by atoms with Crippen molar-refractivity contribution in [2.75, 3.05) is 6.54 Å². The van der Waals surface area contributed by atoms with Gasteiger partial charge in [0.05, 0.1) is 24.9 Å². The molecule has 6 unspecified atom stereocenters. The van der Waals surface area contributed by atoms with Crippen molar-refractivity contribution < 1.29 is 24.2 Å². The maximum atomic E-state index is 13.8. The minimum Gasteiger partial charge on any atom is -0.392 e. The molecule has 3 N–H and O–H groups in total. The zero-order valence-electron chi connectivity index (χ0n) is 29.5. The minimum atomic E-state index is -0.574. The molecule has 2 amide bonds. The van der Waals surface area contributed by atoms with E-state index in [2.05, 4.69) is 51.9 Å². The number of fused-ring (bicyclic) bond motifs is 1. The summed E-state index contributed by atoms with van der Waals surface area (Å²) in [5, 5.41) is 15.8. The van der Waals surface area contributed by atoms with Crippen molar-refractivity contribution in [3.8, 4) is 11.1 Å². The summed E-state index contributed by atoms with van der Waals surface area (Å²) in [6.07, 6.45) is 6.55. The molecule has 1 saturated carbocycles. The van der Waals surface area contributed by atoms with Crippen LogP contribution in [0.25, 0.3) is 11.1 Å². The monoisotopic (exact) mass is 667 g/mol. The Balaban J connectivity index is 1.26. The summed E-state index contributed by atoms with van der Waals surface area (Å²) in [5.41, 5.74) is 5.76. The summed E-state index contributed by atoms with van der Waals surface area (Å²) in [5.74, 6) is 0.688. The average molecular weight is 668 g/mol. The summed E-state index contributed by atoms with van der Waals surface area (Å²) < 4.78 is 13.5. The lowest BCUT2D eigenvalue weighted by Crippen LogP contribution is -2.61. The lowest BCUT2D eigenvalue weighted by Gasteiger charge is -2.50. The predicted octanol–water partition coefficient (Wildman–Crippen LogP) is 6.97. The molecule has 8 heteroatoms. The van der Waals surface area contributed by atoms with Gasteiger partial charge in [0.2, 0.25) is 11.8 Å². The summed E-state index contributed by atoms with van der Waals surface area (Å²) in [7, 11) is 0. The van der Waals surface area contributed by atoms with Crippen molar-refractivity contribution in [3.63, 3.8) is 0 Å². The number of carbonyl (C=O) groups excluding carboxylic acids is 2. The van der Waals surface area contributed by atoms with E-state index in [0.717, 1.165) is 52.6 Å². The number of aliphatic hydroxyl groups is 1. The lowest BCUT2D eigenvalue weighted by molar-refractivity contribution is -0.255. The molecule has 3 aromatic carbocycles. The fraction of sp³-hybridized carbons (Fsp3) is 0.512. The SMILES string of the molecule is CC(=O)NCc1cccc(-c2ccc(C3OC(CN4C(C(=O)NC(C)(C)C)CCC5CCCCC54)CC(c4ccc(CO)cc4)O3)cc2)c1. The van der Waals surface area contributed by atoms with E-state index >= 15 is 0 Å². The Morgan fingerprint density at radius 1 is 0.857 bits per heavy atom. The first-order chi connectivity index (χ1) is 23.6. The zero-order valence-corrected chi connectivity index (χ0v) is 29.5. The smallest absolute Gasteiger partial charge is 0.237 e. The molecule has 6 rings (SSSR count). The second-order valence-corrected chi connectivity index (χ2v) is 15.2. The molecule has 0 radical (unpaired) electrons. The van der Waals surface area contributed by atoms with Crippen LogP contribution in [0.5, 0.6) is 0 Å². The molecule has 1 aliphatic carbocycles. The second kappa shape index (κ2) is 15.5.